The van der Waals surface area contributed by atoms with Crippen LogP contribution in [0.15, 0.2) is 54.7 Å². The van der Waals surface area contributed by atoms with Crippen LogP contribution in [0.1, 0.15) is 0 Å². The van der Waals surface area contributed by atoms with Crippen molar-refractivity contribution < 1.29 is 9.84 Å². The van der Waals surface area contributed by atoms with Crippen LogP contribution in [-0.2, 0) is 0 Å². The van der Waals surface area contributed by atoms with E-state index >= 15 is 0 Å². The maximum atomic E-state index is 10.3. The van der Waals surface area contributed by atoms with Crippen LogP contribution >= 0.6 is 11.6 Å². The van der Waals surface area contributed by atoms with Gasteiger partial charge in [-0.15, -0.1) is 0 Å². The van der Waals surface area contributed by atoms with E-state index in [9.17, 15) is 5.11 Å². The highest BCUT2D eigenvalue weighted by Crippen LogP contribution is 2.21. The fourth-order valence-electron chi connectivity index (χ4n) is 3.50. The fraction of sp³-hybridized carbons (Fsp3) is 0.333. The van der Waals surface area contributed by atoms with Gasteiger partial charge in [0.15, 0.2) is 0 Å². The predicted octanol–water partition coefficient (Wildman–Crippen LogP) is 3.38. The monoisotopic (exact) mass is 385 g/mol. The number of ether oxygens (including phenoxy) is 1. The molecule has 1 saturated heterocycles. The topological polar surface area (TPSA) is 51.7 Å². The van der Waals surface area contributed by atoms with Gasteiger partial charge in [0.2, 0.25) is 0 Å². The van der Waals surface area contributed by atoms with Crippen molar-refractivity contribution in [3.05, 3.63) is 59.8 Å². The van der Waals surface area contributed by atoms with Crippen LogP contribution in [0.5, 0.6) is 5.75 Å². The Bertz CT molecular complexity index is 873. The second kappa shape index (κ2) is 8.21. The lowest BCUT2D eigenvalue weighted by molar-refractivity contribution is 0.0663. The molecule has 27 heavy (non-hydrogen) atoms. The average molecular weight is 386 g/mol. The molecule has 0 aliphatic carbocycles. The number of aromatic amines is 1. The number of rotatable bonds is 6. The van der Waals surface area contributed by atoms with E-state index in [0.29, 0.717) is 13.2 Å². The quantitative estimate of drug-likeness (QED) is 0.683. The molecule has 6 heteroatoms. The molecule has 0 radical (unpaired) electrons. The molecule has 2 aromatic carbocycles. The number of halogens is 1. The van der Waals surface area contributed by atoms with Crippen LogP contribution in [-0.4, -0.2) is 60.4 Å². The van der Waals surface area contributed by atoms with Crippen molar-refractivity contribution in [3.63, 3.8) is 0 Å². The summed E-state index contributed by atoms with van der Waals surface area (Å²) in [6.45, 7) is 4.66. The van der Waals surface area contributed by atoms with E-state index < -0.39 is 6.10 Å². The summed E-state index contributed by atoms with van der Waals surface area (Å²) >= 11 is 5.96. The Morgan fingerprint density at radius 2 is 1.81 bits per heavy atom. The van der Waals surface area contributed by atoms with Crippen molar-refractivity contribution in [1.82, 2.24) is 9.88 Å². The van der Waals surface area contributed by atoms with Crippen molar-refractivity contribution in [2.75, 3.05) is 44.2 Å². The summed E-state index contributed by atoms with van der Waals surface area (Å²) in [5.74, 6) is 0.786. The Labute approximate surface area is 164 Å². The van der Waals surface area contributed by atoms with Gasteiger partial charge in [-0.25, -0.2) is 0 Å². The highest BCUT2D eigenvalue weighted by molar-refractivity contribution is 6.30. The number of nitrogens with zero attached hydrogens (tertiary/aromatic N) is 2. The lowest BCUT2D eigenvalue weighted by atomic mass is 10.2. The van der Waals surface area contributed by atoms with Gasteiger partial charge in [0, 0.05) is 60.5 Å². The summed E-state index contributed by atoms with van der Waals surface area (Å²) in [4.78, 5) is 7.80. The maximum absolute atomic E-state index is 10.3. The third-order valence-electron chi connectivity index (χ3n) is 5.00. The smallest absolute Gasteiger partial charge is 0.120 e. The van der Waals surface area contributed by atoms with E-state index in [4.69, 9.17) is 16.3 Å². The highest BCUT2D eigenvalue weighted by Gasteiger charge is 2.19. The minimum absolute atomic E-state index is 0.299. The molecule has 1 fully saturated rings. The molecule has 1 aliphatic rings. The maximum Gasteiger partial charge on any atom is 0.120 e. The fourth-order valence-corrected chi connectivity index (χ4v) is 3.63. The van der Waals surface area contributed by atoms with Crippen LogP contribution in [0.25, 0.3) is 10.9 Å². The summed E-state index contributed by atoms with van der Waals surface area (Å²) in [6.07, 6.45) is 1.40. The van der Waals surface area contributed by atoms with Crippen LogP contribution in [0.3, 0.4) is 0 Å². The van der Waals surface area contributed by atoms with Crippen molar-refractivity contribution in [3.8, 4) is 5.75 Å². The van der Waals surface area contributed by atoms with Crippen molar-refractivity contribution in [2.45, 2.75) is 6.10 Å². The number of anilines is 1. The first-order valence-electron chi connectivity index (χ1n) is 9.28. The molecule has 1 atom stereocenters. The van der Waals surface area contributed by atoms with Crippen LogP contribution < -0.4 is 9.64 Å². The molecule has 5 nitrogen and oxygen atoms in total. The first-order chi connectivity index (χ1) is 13.2. The van der Waals surface area contributed by atoms with E-state index in [1.807, 2.05) is 42.6 Å². The zero-order chi connectivity index (χ0) is 18.6. The second-order valence-corrected chi connectivity index (χ2v) is 7.39. The largest absolute Gasteiger partial charge is 0.491 e. The van der Waals surface area contributed by atoms with Crippen LogP contribution in [0, 0.1) is 0 Å². The molecule has 0 amide bonds. The number of aliphatic hydroxyl groups excluding tert-OH is 1. The number of hydrogen-bond acceptors (Lipinski definition) is 4. The number of β-amino-alcohol motifs (C(OH)–C–C–N with tert-alkyl or cyclic N) is 1. The summed E-state index contributed by atoms with van der Waals surface area (Å²) in [6, 6.07) is 15.9. The standard InChI is InChI=1S/C21H24ClN3O2/c22-17-1-3-18(4-2-17)25-11-9-24(10-12-25)14-19(26)15-27-20-5-6-21-16(13-20)7-8-23-21/h1-8,13,19,23,26H,9-12,14-15H2/t19-/m0/s1. The third kappa shape index (κ3) is 4.56. The molecule has 0 unspecified atom stereocenters. The Balaban J connectivity index is 1.23. The number of fused-ring (bicyclic) bond motifs is 1. The number of piperazine rings is 1. The van der Waals surface area contributed by atoms with Gasteiger partial charge in [0.25, 0.3) is 0 Å². The van der Waals surface area contributed by atoms with Gasteiger partial charge in [0.05, 0.1) is 0 Å². The van der Waals surface area contributed by atoms with Gasteiger partial charge in [-0.05, 0) is 48.5 Å². The van der Waals surface area contributed by atoms with Crippen molar-refractivity contribution >= 4 is 28.2 Å². The summed E-state index contributed by atoms with van der Waals surface area (Å²) in [7, 11) is 0. The third-order valence-corrected chi connectivity index (χ3v) is 5.25. The number of hydrogen-bond donors (Lipinski definition) is 2. The zero-order valence-electron chi connectivity index (χ0n) is 15.1. The van der Waals surface area contributed by atoms with Gasteiger partial charge in [-0.2, -0.15) is 0 Å². The van der Waals surface area contributed by atoms with Gasteiger partial charge < -0.3 is 19.7 Å². The van der Waals surface area contributed by atoms with Gasteiger partial charge in [-0.1, -0.05) is 11.6 Å². The van der Waals surface area contributed by atoms with E-state index in [-0.39, 0.29) is 0 Å². The molecular weight excluding hydrogens is 362 g/mol. The SMILES string of the molecule is O[C@H](COc1ccc2[nH]ccc2c1)CN1CCN(c2ccc(Cl)cc2)CC1. The second-order valence-electron chi connectivity index (χ2n) is 6.96. The lowest BCUT2D eigenvalue weighted by Crippen LogP contribution is -2.49. The van der Waals surface area contributed by atoms with E-state index in [1.165, 1.54) is 5.69 Å². The molecule has 2 N–H and O–H groups in total. The predicted molar refractivity (Wildman–Crippen MR) is 110 cm³/mol. The minimum Gasteiger partial charge on any atom is -0.491 e. The summed E-state index contributed by atoms with van der Waals surface area (Å²) < 4.78 is 5.77. The number of aromatic nitrogens is 1. The van der Waals surface area contributed by atoms with Crippen LogP contribution in [0.4, 0.5) is 5.69 Å². The first-order valence-corrected chi connectivity index (χ1v) is 9.66. The van der Waals surface area contributed by atoms with Gasteiger partial charge >= 0.3 is 0 Å². The molecule has 1 aromatic heterocycles. The molecule has 0 saturated carbocycles. The summed E-state index contributed by atoms with van der Waals surface area (Å²) in [5, 5.41) is 12.2. The zero-order valence-corrected chi connectivity index (χ0v) is 15.9. The number of nitrogens with one attached hydrogen (secondary N) is 1. The molecule has 0 spiro atoms. The molecule has 4 rings (SSSR count). The summed E-state index contributed by atoms with van der Waals surface area (Å²) in [5.41, 5.74) is 2.28. The molecule has 3 aromatic rings. The Hall–Kier alpha value is -2.21. The highest BCUT2D eigenvalue weighted by atomic mass is 35.5. The molecule has 0 bridgehead atoms. The lowest BCUT2D eigenvalue weighted by Gasteiger charge is -2.36. The minimum atomic E-state index is -0.506. The molecule has 2 heterocycles. The van der Waals surface area contributed by atoms with E-state index in [0.717, 1.165) is 47.9 Å². The Morgan fingerprint density at radius 3 is 2.59 bits per heavy atom. The van der Waals surface area contributed by atoms with E-state index in [1.54, 1.807) is 0 Å². The Morgan fingerprint density at radius 1 is 1.04 bits per heavy atom. The van der Waals surface area contributed by atoms with Gasteiger partial charge in [0.1, 0.15) is 18.5 Å². The van der Waals surface area contributed by atoms with E-state index in [2.05, 4.69) is 26.9 Å². The van der Waals surface area contributed by atoms with Crippen LogP contribution in [0.2, 0.25) is 5.02 Å². The molecule has 142 valence electrons. The first kappa shape index (κ1) is 18.2. The Kier molecular flexibility index (Phi) is 5.53. The molecular formula is C21H24ClN3O2. The van der Waals surface area contributed by atoms with Crippen molar-refractivity contribution in [2.24, 2.45) is 0 Å². The number of benzene rings is 2. The average Bonchev–Trinajstić information content (AvgIpc) is 3.15. The normalized spacial score (nSPS) is 16.6. The van der Waals surface area contributed by atoms with Gasteiger partial charge in [-0.3, -0.25) is 4.90 Å². The molecule has 1 aliphatic heterocycles. The number of aliphatic hydroxyl groups is 1. The number of H-pyrrole nitrogens is 1. The van der Waals surface area contributed by atoms with Crippen molar-refractivity contribution in [1.29, 1.82) is 0 Å².